The SMILES string of the molecule is Brc1ccc2c(ccc3c4ccc(-c5ccccc5)cc4ccc23)c1. The zero-order chi connectivity index (χ0) is 16.8. The molecule has 0 aliphatic heterocycles. The van der Waals surface area contributed by atoms with Crippen molar-refractivity contribution in [3.63, 3.8) is 0 Å². The largest absolute Gasteiger partial charge is 0.0622 e. The monoisotopic (exact) mass is 382 g/mol. The van der Waals surface area contributed by atoms with Crippen LogP contribution in [-0.4, -0.2) is 0 Å². The van der Waals surface area contributed by atoms with E-state index in [-0.39, 0.29) is 0 Å². The molecule has 0 bridgehead atoms. The van der Waals surface area contributed by atoms with E-state index in [1.165, 1.54) is 43.4 Å². The van der Waals surface area contributed by atoms with E-state index in [2.05, 4.69) is 107 Å². The van der Waals surface area contributed by atoms with Crippen molar-refractivity contribution >= 4 is 48.2 Å². The van der Waals surface area contributed by atoms with E-state index in [1.807, 2.05) is 0 Å². The zero-order valence-electron chi connectivity index (χ0n) is 13.5. The molecule has 0 fully saturated rings. The zero-order valence-corrected chi connectivity index (χ0v) is 15.1. The maximum absolute atomic E-state index is 3.57. The molecule has 5 rings (SSSR count). The van der Waals surface area contributed by atoms with Crippen LogP contribution >= 0.6 is 15.9 Å². The van der Waals surface area contributed by atoms with Crippen molar-refractivity contribution in [2.75, 3.05) is 0 Å². The average Bonchev–Trinajstić information content (AvgIpc) is 2.67. The van der Waals surface area contributed by atoms with E-state index < -0.39 is 0 Å². The smallest absolute Gasteiger partial charge is 0.0181 e. The molecule has 0 amide bonds. The number of fused-ring (bicyclic) bond motifs is 5. The number of hydrogen-bond donors (Lipinski definition) is 0. The van der Waals surface area contributed by atoms with Gasteiger partial charge in [0.25, 0.3) is 0 Å². The normalized spacial score (nSPS) is 11.4. The van der Waals surface area contributed by atoms with Gasteiger partial charge in [0.05, 0.1) is 0 Å². The Kier molecular flexibility index (Phi) is 3.36. The van der Waals surface area contributed by atoms with E-state index >= 15 is 0 Å². The second-order valence-corrected chi connectivity index (χ2v) is 7.31. The molecule has 0 saturated heterocycles. The van der Waals surface area contributed by atoms with Gasteiger partial charge in [-0.15, -0.1) is 0 Å². The Labute approximate surface area is 154 Å². The summed E-state index contributed by atoms with van der Waals surface area (Å²) in [5.41, 5.74) is 2.52. The Morgan fingerprint density at radius 3 is 1.76 bits per heavy atom. The number of benzene rings is 5. The molecular weight excluding hydrogens is 368 g/mol. The summed E-state index contributed by atoms with van der Waals surface area (Å²) in [7, 11) is 0. The van der Waals surface area contributed by atoms with E-state index in [1.54, 1.807) is 0 Å². The minimum atomic E-state index is 1.12. The van der Waals surface area contributed by atoms with Crippen LogP contribution in [0.25, 0.3) is 43.4 Å². The molecule has 0 aromatic heterocycles. The molecule has 0 atom stereocenters. The summed E-state index contributed by atoms with van der Waals surface area (Å²) in [5, 5.41) is 7.78. The predicted octanol–water partition coefficient (Wildman–Crippen LogP) is 7.58. The van der Waals surface area contributed by atoms with Gasteiger partial charge in [-0.25, -0.2) is 0 Å². The van der Waals surface area contributed by atoms with Gasteiger partial charge in [0.1, 0.15) is 0 Å². The van der Waals surface area contributed by atoms with Crippen molar-refractivity contribution in [1.29, 1.82) is 0 Å². The standard InChI is InChI=1S/C24H15Br/c25-20-9-13-22-19(15-20)8-12-23-21-10-6-17(16-4-2-1-3-5-16)14-18(21)7-11-24(22)23/h1-15H. The van der Waals surface area contributed by atoms with Crippen molar-refractivity contribution in [3.8, 4) is 11.1 Å². The minimum Gasteiger partial charge on any atom is -0.0622 e. The first-order valence-electron chi connectivity index (χ1n) is 8.40. The topological polar surface area (TPSA) is 0 Å². The highest BCUT2D eigenvalue weighted by Gasteiger charge is 2.06. The summed E-state index contributed by atoms with van der Waals surface area (Å²) < 4.78 is 1.12. The van der Waals surface area contributed by atoms with Crippen molar-refractivity contribution in [2.45, 2.75) is 0 Å². The minimum absolute atomic E-state index is 1.12. The molecule has 25 heavy (non-hydrogen) atoms. The second-order valence-electron chi connectivity index (χ2n) is 6.39. The molecule has 0 aliphatic rings. The van der Waals surface area contributed by atoms with Crippen molar-refractivity contribution in [2.24, 2.45) is 0 Å². The molecule has 5 aromatic rings. The Balaban J connectivity index is 1.79. The quantitative estimate of drug-likeness (QED) is 0.262. The van der Waals surface area contributed by atoms with Crippen LogP contribution < -0.4 is 0 Å². The maximum atomic E-state index is 3.57. The van der Waals surface area contributed by atoms with Crippen LogP contribution in [-0.2, 0) is 0 Å². The van der Waals surface area contributed by atoms with Gasteiger partial charge in [0.15, 0.2) is 0 Å². The van der Waals surface area contributed by atoms with Crippen molar-refractivity contribution in [1.82, 2.24) is 0 Å². The van der Waals surface area contributed by atoms with Gasteiger partial charge in [-0.1, -0.05) is 88.7 Å². The highest BCUT2D eigenvalue weighted by molar-refractivity contribution is 9.10. The highest BCUT2D eigenvalue weighted by atomic mass is 79.9. The van der Waals surface area contributed by atoms with Gasteiger partial charge in [-0.05, 0) is 61.6 Å². The number of hydrogen-bond acceptors (Lipinski definition) is 0. The third-order valence-electron chi connectivity index (χ3n) is 4.90. The Bertz CT molecular complexity index is 1240. The fourth-order valence-electron chi connectivity index (χ4n) is 3.67. The summed E-state index contributed by atoms with van der Waals surface area (Å²) >= 11 is 3.57. The van der Waals surface area contributed by atoms with Crippen molar-refractivity contribution < 1.29 is 0 Å². The van der Waals surface area contributed by atoms with Crippen LogP contribution in [0.4, 0.5) is 0 Å². The molecule has 1 heteroatoms. The summed E-state index contributed by atoms with van der Waals surface area (Å²) in [4.78, 5) is 0. The first kappa shape index (κ1) is 14.7. The first-order chi connectivity index (χ1) is 12.3. The summed E-state index contributed by atoms with van der Waals surface area (Å²) in [6, 6.07) is 32.8. The molecule has 0 unspecified atom stereocenters. The van der Waals surface area contributed by atoms with Gasteiger partial charge < -0.3 is 0 Å². The van der Waals surface area contributed by atoms with E-state index in [4.69, 9.17) is 0 Å². The third-order valence-corrected chi connectivity index (χ3v) is 5.40. The van der Waals surface area contributed by atoms with Crippen molar-refractivity contribution in [3.05, 3.63) is 95.5 Å². The van der Waals surface area contributed by atoms with E-state index in [0.29, 0.717) is 0 Å². The number of halogens is 1. The van der Waals surface area contributed by atoms with E-state index in [9.17, 15) is 0 Å². The molecule has 0 radical (unpaired) electrons. The third kappa shape index (κ3) is 2.43. The fourth-order valence-corrected chi connectivity index (χ4v) is 4.05. The van der Waals surface area contributed by atoms with Crippen LogP contribution in [0.15, 0.2) is 95.5 Å². The van der Waals surface area contributed by atoms with Gasteiger partial charge in [-0.3, -0.25) is 0 Å². The van der Waals surface area contributed by atoms with Gasteiger partial charge in [0.2, 0.25) is 0 Å². The fraction of sp³-hybridized carbons (Fsp3) is 0. The van der Waals surface area contributed by atoms with Gasteiger partial charge >= 0.3 is 0 Å². The Hall–Kier alpha value is -2.64. The summed E-state index contributed by atoms with van der Waals surface area (Å²) in [6.45, 7) is 0. The average molecular weight is 383 g/mol. The molecule has 0 nitrogen and oxygen atoms in total. The molecular formula is C24H15Br. The lowest BCUT2D eigenvalue weighted by Gasteiger charge is -2.10. The Morgan fingerprint density at radius 2 is 1.04 bits per heavy atom. The molecule has 118 valence electrons. The van der Waals surface area contributed by atoms with Crippen LogP contribution in [0, 0.1) is 0 Å². The van der Waals surface area contributed by atoms with Crippen LogP contribution in [0.5, 0.6) is 0 Å². The molecule has 0 N–H and O–H groups in total. The van der Waals surface area contributed by atoms with Crippen LogP contribution in [0.3, 0.4) is 0 Å². The molecule has 0 saturated carbocycles. The molecule has 5 aromatic carbocycles. The van der Waals surface area contributed by atoms with Gasteiger partial charge in [0, 0.05) is 4.47 Å². The van der Waals surface area contributed by atoms with Gasteiger partial charge in [-0.2, -0.15) is 0 Å². The lowest BCUT2D eigenvalue weighted by atomic mass is 9.95. The van der Waals surface area contributed by atoms with Crippen LogP contribution in [0.2, 0.25) is 0 Å². The number of rotatable bonds is 1. The molecule has 0 heterocycles. The molecule has 0 spiro atoms. The summed E-state index contributed by atoms with van der Waals surface area (Å²) in [5.74, 6) is 0. The Morgan fingerprint density at radius 1 is 0.440 bits per heavy atom. The first-order valence-corrected chi connectivity index (χ1v) is 9.19. The van der Waals surface area contributed by atoms with E-state index in [0.717, 1.165) is 4.47 Å². The van der Waals surface area contributed by atoms with Crippen LogP contribution in [0.1, 0.15) is 0 Å². The maximum Gasteiger partial charge on any atom is 0.0181 e. The lowest BCUT2D eigenvalue weighted by Crippen LogP contribution is -1.83. The second kappa shape index (κ2) is 5.72. The predicted molar refractivity (Wildman–Crippen MR) is 112 cm³/mol. The summed E-state index contributed by atoms with van der Waals surface area (Å²) in [6.07, 6.45) is 0. The lowest BCUT2D eigenvalue weighted by molar-refractivity contribution is 1.65. The molecule has 0 aliphatic carbocycles. The highest BCUT2D eigenvalue weighted by Crippen LogP contribution is 2.34.